The van der Waals surface area contributed by atoms with Gasteiger partial charge in [-0.1, -0.05) is 35.9 Å². The molecule has 0 saturated carbocycles. The number of benzene rings is 2. The van der Waals surface area contributed by atoms with Gasteiger partial charge in [-0.15, -0.1) is 11.8 Å². The number of urea groups is 1. The molecule has 0 bridgehead atoms. The van der Waals surface area contributed by atoms with E-state index in [1.807, 2.05) is 73.0 Å². The molecule has 0 aliphatic rings. The average Bonchev–Trinajstić information content (AvgIpc) is 2.73. The van der Waals surface area contributed by atoms with Crippen LogP contribution in [0.2, 0.25) is 5.02 Å². The Morgan fingerprint density at radius 2 is 1.82 bits per heavy atom. The van der Waals surface area contributed by atoms with E-state index in [1.54, 1.807) is 22.9 Å². The highest BCUT2D eigenvalue weighted by Crippen LogP contribution is 2.20. The van der Waals surface area contributed by atoms with Crippen LogP contribution in [0, 0.1) is 0 Å². The van der Waals surface area contributed by atoms with Gasteiger partial charge < -0.3 is 10.2 Å². The maximum absolute atomic E-state index is 13.0. The molecule has 0 aliphatic carbocycles. The summed E-state index contributed by atoms with van der Waals surface area (Å²) in [4.78, 5) is 20.2. The number of nitrogens with zero attached hydrogens (tertiary/aromatic N) is 2. The van der Waals surface area contributed by atoms with Crippen molar-refractivity contribution >= 4 is 35.1 Å². The van der Waals surface area contributed by atoms with Crippen LogP contribution in [0.25, 0.3) is 0 Å². The van der Waals surface area contributed by atoms with Crippen molar-refractivity contribution in [2.45, 2.75) is 17.9 Å². The summed E-state index contributed by atoms with van der Waals surface area (Å²) in [6.07, 6.45) is 4.46. The molecule has 3 aromatic rings. The summed E-state index contributed by atoms with van der Waals surface area (Å²) in [7, 11) is 0. The molecular formula is C22H22ClN3OS. The van der Waals surface area contributed by atoms with Crippen LogP contribution >= 0.6 is 23.4 Å². The molecular weight excluding hydrogens is 390 g/mol. The molecule has 0 unspecified atom stereocenters. The monoisotopic (exact) mass is 411 g/mol. The molecule has 4 nitrogen and oxygen atoms in total. The fraction of sp³-hybridized carbons (Fsp3) is 0.182. The number of amides is 2. The van der Waals surface area contributed by atoms with Gasteiger partial charge in [-0.25, -0.2) is 4.79 Å². The van der Waals surface area contributed by atoms with E-state index in [0.29, 0.717) is 24.5 Å². The molecule has 0 radical (unpaired) electrons. The zero-order valence-electron chi connectivity index (χ0n) is 15.6. The third-order valence-electron chi connectivity index (χ3n) is 4.31. The number of halogens is 1. The zero-order valence-corrected chi connectivity index (χ0v) is 17.2. The number of anilines is 1. The largest absolute Gasteiger partial charge is 0.322 e. The van der Waals surface area contributed by atoms with E-state index in [9.17, 15) is 4.79 Å². The Kier molecular flexibility index (Phi) is 7.34. The van der Waals surface area contributed by atoms with Crippen molar-refractivity contribution < 1.29 is 4.79 Å². The Labute approximate surface area is 174 Å². The summed E-state index contributed by atoms with van der Waals surface area (Å²) in [5.41, 5.74) is 2.63. The summed E-state index contributed by atoms with van der Waals surface area (Å²) in [5.74, 6) is 0. The predicted octanol–water partition coefficient (Wildman–Crippen LogP) is 5.73. The zero-order chi connectivity index (χ0) is 19.8. The first-order chi connectivity index (χ1) is 13.7. The van der Waals surface area contributed by atoms with E-state index in [1.165, 1.54) is 0 Å². The van der Waals surface area contributed by atoms with Crippen LogP contribution in [-0.4, -0.2) is 28.7 Å². The molecule has 28 heavy (non-hydrogen) atoms. The number of carbonyl (C=O) groups excluding carboxylic acids is 1. The van der Waals surface area contributed by atoms with Gasteiger partial charge in [0.1, 0.15) is 0 Å². The van der Waals surface area contributed by atoms with Crippen LogP contribution in [0.1, 0.15) is 11.3 Å². The first-order valence-corrected chi connectivity index (χ1v) is 10.6. The van der Waals surface area contributed by atoms with Crippen molar-refractivity contribution in [1.82, 2.24) is 9.88 Å². The SMILES string of the molecule is CSc1ccc(NC(=O)N(CCc2ccccn2)Cc2ccccc2Cl)cc1. The standard InChI is InChI=1S/C22H22ClN3OS/c1-28-20-11-9-19(10-12-20)25-22(27)26(15-13-18-7-4-5-14-24-18)16-17-6-2-3-8-21(17)23/h2-12,14H,13,15-16H2,1H3,(H,25,27). The van der Waals surface area contributed by atoms with Gasteiger partial charge in [0.05, 0.1) is 0 Å². The Morgan fingerprint density at radius 1 is 1.07 bits per heavy atom. The molecule has 0 atom stereocenters. The summed E-state index contributed by atoms with van der Waals surface area (Å²) >= 11 is 7.98. The van der Waals surface area contributed by atoms with E-state index in [-0.39, 0.29) is 6.03 Å². The maximum atomic E-state index is 13.0. The second-order valence-electron chi connectivity index (χ2n) is 6.24. The molecule has 0 spiro atoms. The molecule has 0 aliphatic heterocycles. The van der Waals surface area contributed by atoms with Crippen LogP contribution in [-0.2, 0) is 13.0 Å². The normalized spacial score (nSPS) is 10.5. The van der Waals surface area contributed by atoms with E-state index >= 15 is 0 Å². The lowest BCUT2D eigenvalue weighted by Gasteiger charge is -2.24. The van der Waals surface area contributed by atoms with Crippen LogP contribution in [0.5, 0.6) is 0 Å². The van der Waals surface area contributed by atoms with Crippen molar-refractivity contribution in [3.8, 4) is 0 Å². The Bertz CT molecular complexity index is 903. The third-order valence-corrected chi connectivity index (χ3v) is 5.42. The number of hydrogen-bond donors (Lipinski definition) is 1. The van der Waals surface area contributed by atoms with Crippen molar-refractivity contribution in [3.63, 3.8) is 0 Å². The number of aromatic nitrogens is 1. The quantitative estimate of drug-likeness (QED) is 0.504. The minimum atomic E-state index is -0.159. The lowest BCUT2D eigenvalue weighted by Crippen LogP contribution is -2.36. The summed E-state index contributed by atoms with van der Waals surface area (Å²) < 4.78 is 0. The molecule has 2 aromatic carbocycles. The highest BCUT2D eigenvalue weighted by atomic mass is 35.5. The number of thioether (sulfide) groups is 1. The molecule has 6 heteroatoms. The molecule has 1 N–H and O–H groups in total. The number of hydrogen-bond acceptors (Lipinski definition) is 3. The second kappa shape index (κ2) is 10.2. The number of pyridine rings is 1. The minimum absolute atomic E-state index is 0.159. The van der Waals surface area contributed by atoms with Crippen molar-refractivity contribution in [2.24, 2.45) is 0 Å². The van der Waals surface area contributed by atoms with E-state index in [0.717, 1.165) is 21.8 Å². The van der Waals surface area contributed by atoms with E-state index in [2.05, 4.69) is 10.3 Å². The summed E-state index contributed by atoms with van der Waals surface area (Å²) in [5, 5.41) is 3.64. The molecule has 2 amide bonds. The molecule has 3 rings (SSSR count). The average molecular weight is 412 g/mol. The van der Waals surface area contributed by atoms with Gasteiger partial charge in [-0.3, -0.25) is 4.98 Å². The lowest BCUT2D eigenvalue weighted by atomic mass is 10.2. The summed E-state index contributed by atoms with van der Waals surface area (Å²) in [6.45, 7) is 0.970. The highest BCUT2D eigenvalue weighted by Gasteiger charge is 2.16. The molecule has 1 heterocycles. The van der Waals surface area contributed by atoms with Crippen molar-refractivity contribution in [3.05, 3.63) is 89.2 Å². The number of rotatable bonds is 7. The molecule has 144 valence electrons. The van der Waals surface area contributed by atoms with Gasteiger partial charge in [0.25, 0.3) is 0 Å². The van der Waals surface area contributed by atoms with E-state index < -0.39 is 0 Å². The topological polar surface area (TPSA) is 45.2 Å². The number of nitrogens with one attached hydrogen (secondary N) is 1. The smallest absolute Gasteiger partial charge is 0.320 e. The fourth-order valence-electron chi connectivity index (χ4n) is 2.76. The molecule has 0 fully saturated rings. The molecule has 0 saturated heterocycles. The first-order valence-electron chi connectivity index (χ1n) is 8.99. The van der Waals surface area contributed by atoms with E-state index in [4.69, 9.17) is 11.6 Å². The Morgan fingerprint density at radius 3 is 2.50 bits per heavy atom. The van der Waals surface area contributed by atoms with Crippen LogP contribution in [0.15, 0.2) is 77.8 Å². The Hall–Kier alpha value is -2.50. The van der Waals surface area contributed by atoms with Crippen LogP contribution in [0.3, 0.4) is 0 Å². The lowest BCUT2D eigenvalue weighted by molar-refractivity contribution is 0.209. The van der Waals surface area contributed by atoms with Gasteiger partial charge in [-0.2, -0.15) is 0 Å². The third kappa shape index (κ3) is 5.75. The fourth-order valence-corrected chi connectivity index (χ4v) is 3.36. The molecule has 1 aromatic heterocycles. The first kappa shape index (κ1) is 20.2. The summed E-state index contributed by atoms with van der Waals surface area (Å²) in [6, 6.07) is 21.0. The van der Waals surface area contributed by atoms with Gasteiger partial charge in [0.2, 0.25) is 0 Å². The van der Waals surface area contributed by atoms with Gasteiger partial charge in [0, 0.05) is 47.0 Å². The number of carbonyl (C=O) groups is 1. The van der Waals surface area contributed by atoms with Crippen LogP contribution < -0.4 is 5.32 Å². The maximum Gasteiger partial charge on any atom is 0.322 e. The van der Waals surface area contributed by atoms with Gasteiger partial charge in [0.15, 0.2) is 0 Å². The Balaban J connectivity index is 1.73. The van der Waals surface area contributed by atoms with Gasteiger partial charge >= 0.3 is 6.03 Å². The minimum Gasteiger partial charge on any atom is -0.320 e. The predicted molar refractivity (Wildman–Crippen MR) is 117 cm³/mol. The van der Waals surface area contributed by atoms with Crippen molar-refractivity contribution in [2.75, 3.05) is 18.1 Å². The van der Waals surface area contributed by atoms with Gasteiger partial charge in [-0.05, 0) is 54.3 Å². The van der Waals surface area contributed by atoms with Crippen LogP contribution in [0.4, 0.5) is 10.5 Å². The van der Waals surface area contributed by atoms with Crippen molar-refractivity contribution in [1.29, 1.82) is 0 Å². The second-order valence-corrected chi connectivity index (χ2v) is 7.53. The highest BCUT2D eigenvalue weighted by molar-refractivity contribution is 7.98.